The van der Waals surface area contributed by atoms with Crippen molar-refractivity contribution in [3.05, 3.63) is 23.2 Å². The summed E-state index contributed by atoms with van der Waals surface area (Å²) in [7, 11) is 1.68. The van der Waals surface area contributed by atoms with Gasteiger partial charge < -0.3 is 10.1 Å². The Morgan fingerprint density at radius 2 is 2.12 bits per heavy atom. The van der Waals surface area contributed by atoms with Gasteiger partial charge in [-0.2, -0.15) is 0 Å². The summed E-state index contributed by atoms with van der Waals surface area (Å²) in [4.78, 5) is 0. The molecule has 1 rings (SSSR count). The van der Waals surface area contributed by atoms with Crippen molar-refractivity contribution < 1.29 is 4.74 Å². The Morgan fingerprint density at radius 3 is 2.69 bits per heavy atom. The Kier molecular flexibility index (Phi) is 5.47. The van der Waals surface area contributed by atoms with E-state index in [-0.39, 0.29) is 0 Å². The lowest BCUT2D eigenvalue weighted by atomic mass is 10.1. The summed E-state index contributed by atoms with van der Waals surface area (Å²) in [6.07, 6.45) is 3.43. The maximum atomic E-state index is 5.98. The number of nitrogens with one attached hydrogen (secondary N) is 1. The van der Waals surface area contributed by atoms with Gasteiger partial charge in [-0.15, -0.1) is 0 Å². The lowest BCUT2D eigenvalue weighted by Gasteiger charge is -2.19. The van der Waals surface area contributed by atoms with Crippen molar-refractivity contribution in [2.45, 2.75) is 39.2 Å². The average Bonchev–Trinajstić information content (AvgIpc) is 2.29. The molecule has 0 fully saturated rings. The van der Waals surface area contributed by atoms with Crippen molar-refractivity contribution in [2.24, 2.45) is 0 Å². The molecule has 3 heteroatoms. The van der Waals surface area contributed by atoms with Gasteiger partial charge in [-0.25, -0.2) is 0 Å². The Hall–Kier alpha value is -0.890. The van der Waals surface area contributed by atoms with Gasteiger partial charge >= 0.3 is 0 Å². The molecule has 0 aromatic heterocycles. The van der Waals surface area contributed by atoms with Gasteiger partial charge in [-0.1, -0.05) is 31.9 Å². The first kappa shape index (κ1) is 13.2. The van der Waals surface area contributed by atoms with Gasteiger partial charge in [-0.3, -0.25) is 0 Å². The maximum absolute atomic E-state index is 5.98. The van der Waals surface area contributed by atoms with Crippen molar-refractivity contribution in [3.63, 3.8) is 0 Å². The topological polar surface area (TPSA) is 21.3 Å². The summed E-state index contributed by atoms with van der Waals surface area (Å²) in [5, 5.41) is 4.21. The third-order valence-electron chi connectivity index (χ3n) is 2.65. The Morgan fingerprint density at radius 1 is 1.38 bits per heavy atom. The second-order valence-corrected chi connectivity index (χ2v) is 4.32. The fourth-order valence-corrected chi connectivity index (χ4v) is 1.91. The molecule has 0 aliphatic rings. The number of hydrogen-bond acceptors (Lipinski definition) is 2. The summed E-state index contributed by atoms with van der Waals surface area (Å²) in [5.74, 6) is 0.846. The molecule has 0 bridgehead atoms. The van der Waals surface area contributed by atoms with E-state index in [0.717, 1.165) is 29.3 Å². The summed E-state index contributed by atoms with van der Waals surface area (Å²) in [5.41, 5.74) is 0.982. The molecule has 1 aromatic carbocycles. The van der Waals surface area contributed by atoms with E-state index in [1.807, 2.05) is 18.2 Å². The number of anilines is 1. The normalized spacial score (nSPS) is 12.2. The Bertz CT molecular complexity index is 328. The van der Waals surface area contributed by atoms with Gasteiger partial charge in [0.1, 0.15) is 5.75 Å². The molecule has 0 saturated heterocycles. The van der Waals surface area contributed by atoms with Crippen LogP contribution in [0.15, 0.2) is 18.2 Å². The van der Waals surface area contributed by atoms with Crippen LogP contribution in [0.5, 0.6) is 5.75 Å². The van der Waals surface area contributed by atoms with E-state index in [4.69, 9.17) is 16.3 Å². The number of hydrogen-bond donors (Lipinski definition) is 1. The maximum Gasteiger partial charge on any atom is 0.142 e. The molecule has 0 aliphatic carbocycles. The van der Waals surface area contributed by atoms with Crippen molar-refractivity contribution in [2.75, 3.05) is 12.4 Å². The quantitative estimate of drug-likeness (QED) is 0.800. The molecule has 2 nitrogen and oxygen atoms in total. The predicted octanol–water partition coefficient (Wildman–Crippen LogP) is 4.34. The van der Waals surface area contributed by atoms with E-state index in [9.17, 15) is 0 Å². The summed E-state index contributed by atoms with van der Waals surface area (Å²) < 4.78 is 5.30. The van der Waals surface area contributed by atoms with E-state index >= 15 is 0 Å². The summed E-state index contributed by atoms with van der Waals surface area (Å²) in [6, 6.07) is 6.13. The molecule has 1 atom stereocenters. The molecular formula is C13H20ClNO. The third kappa shape index (κ3) is 3.60. The minimum Gasteiger partial charge on any atom is -0.495 e. The standard InChI is InChI=1S/C13H20ClNO/c1-4-6-11(5-2)15-12-9-10(14)7-8-13(12)16-3/h7-9,11,15H,4-6H2,1-3H3. The first-order valence-electron chi connectivity index (χ1n) is 5.81. The highest BCUT2D eigenvalue weighted by Crippen LogP contribution is 2.29. The zero-order valence-electron chi connectivity index (χ0n) is 10.2. The molecule has 1 unspecified atom stereocenters. The van der Waals surface area contributed by atoms with E-state index in [0.29, 0.717) is 6.04 Å². The Labute approximate surface area is 103 Å². The zero-order valence-corrected chi connectivity index (χ0v) is 11.0. The lowest BCUT2D eigenvalue weighted by molar-refractivity contribution is 0.415. The highest BCUT2D eigenvalue weighted by molar-refractivity contribution is 6.30. The number of halogens is 1. The van der Waals surface area contributed by atoms with Crippen LogP contribution in [0, 0.1) is 0 Å². The van der Waals surface area contributed by atoms with Gasteiger partial charge in [0.15, 0.2) is 0 Å². The van der Waals surface area contributed by atoms with Crippen molar-refractivity contribution in [1.29, 1.82) is 0 Å². The second kappa shape index (κ2) is 6.64. The molecule has 0 saturated carbocycles. The highest BCUT2D eigenvalue weighted by Gasteiger charge is 2.09. The predicted molar refractivity (Wildman–Crippen MR) is 70.6 cm³/mol. The molecule has 0 spiro atoms. The molecule has 0 heterocycles. The van der Waals surface area contributed by atoms with Crippen LogP contribution in [0.1, 0.15) is 33.1 Å². The lowest BCUT2D eigenvalue weighted by Crippen LogP contribution is -2.18. The van der Waals surface area contributed by atoms with Crippen LogP contribution in [0.3, 0.4) is 0 Å². The van der Waals surface area contributed by atoms with Gasteiger partial charge in [0.05, 0.1) is 12.8 Å². The number of methoxy groups -OCH3 is 1. The monoisotopic (exact) mass is 241 g/mol. The number of rotatable bonds is 6. The minimum atomic E-state index is 0.484. The molecule has 0 aliphatic heterocycles. The molecule has 1 N–H and O–H groups in total. The van der Waals surface area contributed by atoms with Gasteiger partial charge in [0, 0.05) is 11.1 Å². The summed E-state index contributed by atoms with van der Waals surface area (Å²) >= 11 is 5.98. The SMILES string of the molecule is CCCC(CC)Nc1cc(Cl)ccc1OC. The number of benzene rings is 1. The van der Waals surface area contributed by atoms with Gasteiger partial charge in [0.2, 0.25) is 0 Å². The van der Waals surface area contributed by atoms with Crippen LogP contribution in [0.25, 0.3) is 0 Å². The third-order valence-corrected chi connectivity index (χ3v) is 2.89. The average molecular weight is 242 g/mol. The second-order valence-electron chi connectivity index (χ2n) is 3.88. The molecule has 90 valence electrons. The smallest absolute Gasteiger partial charge is 0.142 e. The van der Waals surface area contributed by atoms with Crippen LogP contribution < -0.4 is 10.1 Å². The van der Waals surface area contributed by atoms with Crippen LogP contribution in [-0.4, -0.2) is 13.2 Å². The fourth-order valence-electron chi connectivity index (χ4n) is 1.74. The molecule has 0 radical (unpaired) electrons. The minimum absolute atomic E-state index is 0.484. The zero-order chi connectivity index (χ0) is 12.0. The van der Waals surface area contributed by atoms with E-state index in [1.165, 1.54) is 6.42 Å². The number of ether oxygens (including phenoxy) is 1. The van der Waals surface area contributed by atoms with Crippen LogP contribution in [0.2, 0.25) is 5.02 Å². The highest BCUT2D eigenvalue weighted by atomic mass is 35.5. The first-order valence-corrected chi connectivity index (χ1v) is 6.19. The van der Waals surface area contributed by atoms with E-state index < -0.39 is 0 Å². The molecule has 0 amide bonds. The van der Waals surface area contributed by atoms with Crippen molar-refractivity contribution >= 4 is 17.3 Å². The van der Waals surface area contributed by atoms with E-state index in [1.54, 1.807) is 7.11 Å². The van der Waals surface area contributed by atoms with Crippen molar-refractivity contribution in [1.82, 2.24) is 0 Å². The molecule has 1 aromatic rings. The largest absolute Gasteiger partial charge is 0.495 e. The van der Waals surface area contributed by atoms with Crippen LogP contribution in [0.4, 0.5) is 5.69 Å². The van der Waals surface area contributed by atoms with Gasteiger partial charge in [-0.05, 0) is 31.0 Å². The van der Waals surface area contributed by atoms with E-state index in [2.05, 4.69) is 19.2 Å². The first-order chi connectivity index (χ1) is 7.71. The summed E-state index contributed by atoms with van der Waals surface area (Å²) in [6.45, 7) is 4.38. The van der Waals surface area contributed by atoms with Crippen LogP contribution in [-0.2, 0) is 0 Å². The van der Waals surface area contributed by atoms with Gasteiger partial charge in [0.25, 0.3) is 0 Å². The Balaban J connectivity index is 2.80. The van der Waals surface area contributed by atoms with Crippen LogP contribution >= 0.6 is 11.6 Å². The molecule has 16 heavy (non-hydrogen) atoms. The molecular weight excluding hydrogens is 222 g/mol. The fraction of sp³-hybridized carbons (Fsp3) is 0.538. The van der Waals surface area contributed by atoms with Crippen molar-refractivity contribution in [3.8, 4) is 5.75 Å².